The van der Waals surface area contributed by atoms with Gasteiger partial charge in [0.05, 0.1) is 11.7 Å². The van der Waals surface area contributed by atoms with Crippen LogP contribution in [0.25, 0.3) is 21.7 Å². The first-order chi connectivity index (χ1) is 14.1. The van der Waals surface area contributed by atoms with Crippen LogP contribution in [0.4, 0.5) is 0 Å². The lowest BCUT2D eigenvalue weighted by Crippen LogP contribution is -2.24. The van der Waals surface area contributed by atoms with E-state index in [4.69, 9.17) is 16.3 Å². The molecule has 0 aliphatic rings. The SMILES string of the molecule is Cc1ccc2cc(C=NNC(=O)COc3ccc4ccccc4c3)c(Cl)nc2c1. The van der Waals surface area contributed by atoms with Gasteiger partial charge in [0, 0.05) is 10.9 Å². The van der Waals surface area contributed by atoms with Crippen molar-refractivity contribution in [3.8, 4) is 5.75 Å². The molecule has 0 bridgehead atoms. The van der Waals surface area contributed by atoms with Crippen molar-refractivity contribution in [2.75, 3.05) is 6.61 Å². The quantitative estimate of drug-likeness (QED) is 0.293. The predicted molar refractivity (Wildman–Crippen MR) is 117 cm³/mol. The number of pyridine rings is 1. The molecule has 3 aromatic carbocycles. The number of hydrogen-bond donors (Lipinski definition) is 1. The van der Waals surface area contributed by atoms with E-state index in [1.807, 2.05) is 73.7 Å². The molecule has 0 aliphatic carbocycles. The van der Waals surface area contributed by atoms with Crippen molar-refractivity contribution in [2.45, 2.75) is 6.92 Å². The third kappa shape index (κ3) is 4.52. The number of halogens is 1. The monoisotopic (exact) mass is 403 g/mol. The third-order valence-electron chi connectivity index (χ3n) is 4.44. The van der Waals surface area contributed by atoms with Crippen LogP contribution < -0.4 is 10.2 Å². The molecule has 0 atom stereocenters. The Bertz CT molecular complexity index is 1240. The molecule has 0 unspecified atom stereocenters. The lowest BCUT2D eigenvalue weighted by Gasteiger charge is -2.06. The van der Waals surface area contributed by atoms with E-state index in [1.165, 1.54) is 6.21 Å². The summed E-state index contributed by atoms with van der Waals surface area (Å²) in [6.07, 6.45) is 1.47. The highest BCUT2D eigenvalue weighted by atomic mass is 35.5. The molecule has 0 aliphatic heterocycles. The highest BCUT2D eigenvalue weighted by Gasteiger charge is 2.05. The molecule has 1 aromatic heterocycles. The van der Waals surface area contributed by atoms with Crippen molar-refractivity contribution in [1.82, 2.24) is 10.4 Å². The Morgan fingerprint density at radius 2 is 1.86 bits per heavy atom. The van der Waals surface area contributed by atoms with E-state index in [1.54, 1.807) is 0 Å². The summed E-state index contributed by atoms with van der Waals surface area (Å²) in [5, 5.41) is 7.41. The van der Waals surface area contributed by atoms with Gasteiger partial charge in [0.2, 0.25) is 0 Å². The Morgan fingerprint density at radius 1 is 1.07 bits per heavy atom. The van der Waals surface area contributed by atoms with Gasteiger partial charge in [0.25, 0.3) is 5.91 Å². The van der Waals surface area contributed by atoms with E-state index in [9.17, 15) is 4.79 Å². The first-order valence-electron chi connectivity index (χ1n) is 9.09. The van der Waals surface area contributed by atoms with Crippen LogP contribution in [0, 0.1) is 6.92 Å². The number of benzene rings is 3. The second kappa shape index (κ2) is 8.29. The molecule has 1 N–H and O–H groups in total. The number of fused-ring (bicyclic) bond motifs is 2. The van der Waals surface area contributed by atoms with Crippen molar-refractivity contribution in [2.24, 2.45) is 5.10 Å². The molecule has 5 nitrogen and oxygen atoms in total. The number of aromatic nitrogens is 1. The minimum Gasteiger partial charge on any atom is -0.484 e. The predicted octanol–water partition coefficient (Wildman–Crippen LogP) is 4.88. The van der Waals surface area contributed by atoms with Gasteiger partial charge in [-0.15, -0.1) is 0 Å². The molecule has 0 saturated heterocycles. The Morgan fingerprint density at radius 3 is 2.72 bits per heavy atom. The van der Waals surface area contributed by atoms with Crippen LogP contribution in [-0.2, 0) is 4.79 Å². The number of nitrogens with zero attached hydrogens (tertiary/aromatic N) is 2. The molecular weight excluding hydrogens is 386 g/mol. The average Bonchev–Trinajstić information content (AvgIpc) is 2.72. The minimum atomic E-state index is -0.366. The zero-order valence-corrected chi connectivity index (χ0v) is 16.5. The van der Waals surface area contributed by atoms with Crippen molar-refractivity contribution in [1.29, 1.82) is 0 Å². The van der Waals surface area contributed by atoms with E-state index in [2.05, 4.69) is 15.5 Å². The first kappa shape index (κ1) is 18.9. The number of ether oxygens (including phenoxy) is 1. The first-order valence-corrected chi connectivity index (χ1v) is 9.47. The van der Waals surface area contributed by atoms with Crippen LogP contribution >= 0.6 is 11.6 Å². The fraction of sp³-hybridized carbons (Fsp3) is 0.0870. The molecule has 0 spiro atoms. The van der Waals surface area contributed by atoms with Gasteiger partial charge in [-0.3, -0.25) is 4.79 Å². The third-order valence-corrected chi connectivity index (χ3v) is 4.74. The second-order valence-corrected chi connectivity index (χ2v) is 7.01. The van der Waals surface area contributed by atoms with E-state index in [-0.39, 0.29) is 12.5 Å². The number of nitrogens with one attached hydrogen (secondary N) is 1. The van der Waals surface area contributed by atoms with E-state index in [0.717, 1.165) is 27.2 Å². The van der Waals surface area contributed by atoms with E-state index in [0.29, 0.717) is 16.5 Å². The van der Waals surface area contributed by atoms with Crippen molar-refractivity contribution in [3.63, 3.8) is 0 Å². The Balaban J connectivity index is 1.37. The molecule has 0 fully saturated rings. The summed E-state index contributed by atoms with van der Waals surface area (Å²) in [6, 6.07) is 21.5. The molecule has 144 valence electrons. The molecule has 4 aromatic rings. The van der Waals surface area contributed by atoms with Crippen molar-refractivity contribution in [3.05, 3.63) is 83.0 Å². The molecule has 6 heteroatoms. The highest BCUT2D eigenvalue weighted by Crippen LogP contribution is 2.21. The summed E-state index contributed by atoms with van der Waals surface area (Å²) < 4.78 is 5.55. The zero-order chi connectivity index (χ0) is 20.2. The van der Waals surface area contributed by atoms with E-state index < -0.39 is 0 Å². The van der Waals surface area contributed by atoms with Gasteiger partial charge in [0.1, 0.15) is 10.9 Å². The van der Waals surface area contributed by atoms with Crippen LogP contribution in [0.1, 0.15) is 11.1 Å². The van der Waals surface area contributed by atoms with Gasteiger partial charge in [-0.2, -0.15) is 5.10 Å². The number of rotatable bonds is 5. The molecule has 0 radical (unpaired) electrons. The standard InChI is InChI=1S/C23H18ClN3O2/c1-15-6-7-18-11-19(23(24)26-21(18)10-15)13-25-27-22(28)14-29-20-9-8-16-4-2-3-5-17(16)12-20/h2-13H,14H2,1H3,(H,27,28). The molecule has 1 amide bonds. The number of hydrogen-bond acceptors (Lipinski definition) is 4. The maximum Gasteiger partial charge on any atom is 0.277 e. The van der Waals surface area contributed by atoms with Gasteiger partial charge >= 0.3 is 0 Å². The molecule has 1 heterocycles. The fourth-order valence-electron chi connectivity index (χ4n) is 2.97. The van der Waals surface area contributed by atoms with Crippen LogP contribution in [0.3, 0.4) is 0 Å². The lowest BCUT2D eigenvalue weighted by atomic mass is 10.1. The van der Waals surface area contributed by atoms with Gasteiger partial charge in [0.15, 0.2) is 6.61 Å². The van der Waals surface area contributed by atoms with Crippen molar-refractivity contribution >= 4 is 45.4 Å². The Hall–Kier alpha value is -3.44. The summed E-state index contributed by atoms with van der Waals surface area (Å²) in [6.45, 7) is 1.86. The maximum absolute atomic E-state index is 12.0. The molecule has 4 rings (SSSR count). The zero-order valence-electron chi connectivity index (χ0n) is 15.7. The van der Waals surface area contributed by atoms with Crippen LogP contribution in [0.5, 0.6) is 5.75 Å². The number of carbonyl (C=O) groups is 1. The second-order valence-electron chi connectivity index (χ2n) is 6.66. The summed E-state index contributed by atoms with van der Waals surface area (Å²) in [4.78, 5) is 16.4. The van der Waals surface area contributed by atoms with Crippen LogP contribution in [0.2, 0.25) is 5.15 Å². The highest BCUT2D eigenvalue weighted by molar-refractivity contribution is 6.32. The summed E-state index contributed by atoms with van der Waals surface area (Å²) >= 11 is 6.22. The molecule has 0 saturated carbocycles. The topological polar surface area (TPSA) is 63.6 Å². The summed E-state index contributed by atoms with van der Waals surface area (Å²) in [5.74, 6) is 0.259. The van der Waals surface area contributed by atoms with Crippen LogP contribution in [0.15, 0.2) is 71.8 Å². The minimum absolute atomic E-state index is 0.140. The Kier molecular flexibility index (Phi) is 5.40. The van der Waals surface area contributed by atoms with Gasteiger partial charge in [-0.25, -0.2) is 10.4 Å². The number of hydrazone groups is 1. The largest absolute Gasteiger partial charge is 0.484 e. The van der Waals surface area contributed by atoms with E-state index >= 15 is 0 Å². The number of carbonyl (C=O) groups excluding carboxylic acids is 1. The summed E-state index contributed by atoms with van der Waals surface area (Å²) in [7, 11) is 0. The normalized spacial score (nSPS) is 11.2. The number of amides is 1. The van der Waals surface area contributed by atoms with Crippen LogP contribution in [-0.4, -0.2) is 23.7 Å². The van der Waals surface area contributed by atoms with Gasteiger partial charge in [-0.1, -0.05) is 54.1 Å². The Labute approximate surface area is 173 Å². The number of aryl methyl sites for hydroxylation is 1. The van der Waals surface area contributed by atoms with Gasteiger partial charge < -0.3 is 4.74 Å². The fourth-order valence-corrected chi connectivity index (χ4v) is 3.17. The molecular formula is C23H18ClN3O2. The maximum atomic E-state index is 12.0. The van der Waals surface area contributed by atoms with Gasteiger partial charge in [-0.05, 0) is 47.5 Å². The lowest BCUT2D eigenvalue weighted by molar-refractivity contribution is -0.123. The molecule has 29 heavy (non-hydrogen) atoms. The smallest absolute Gasteiger partial charge is 0.277 e. The summed E-state index contributed by atoms with van der Waals surface area (Å²) in [5.41, 5.74) is 5.00. The average molecular weight is 404 g/mol. The van der Waals surface area contributed by atoms with Crippen molar-refractivity contribution < 1.29 is 9.53 Å².